The van der Waals surface area contributed by atoms with Gasteiger partial charge in [-0.05, 0) is 30.9 Å². The summed E-state index contributed by atoms with van der Waals surface area (Å²) in [6.07, 6.45) is 5.32. The van der Waals surface area contributed by atoms with Gasteiger partial charge in [0.2, 0.25) is 10.0 Å². The minimum Gasteiger partial charge on any atom is -0.370 e. The van der Waals surface area contributed by atoms with Crippen molar-refractivity contribution in [3.05, 3.63) is 18.3 Å². The zero-order valence-electron chi connectivity index (χ0n) is 10.8. The fourth-order valence-corrected chi connectivity index (χ4v) is 2.75. The number of piperidine rings is 1. The van der Waals surface area contributed by atoms with Crippen LogP contribution in [0.3, 0.4) is 0 Å². The Hall–Kier alpha value is -1.30. The maximum absolute atomic E-state index is 11.1. The average molecular weight is 269 g/mol. The zero-order valence-corrected chi connectivity index (χ0v) is 11.6. The molecular weight excluding hydrogens is 250 g/mol. The Morgan fingerprint density at radius 3 is 2.78 bits per heavy atom. The lowest BCUT2D eigenvalue weighted by molar-refractivity contribution is 0.446. The van der Waals surface area contributed by atoms with E-state index in [1.165, 1.54) is 12.8 Å². The number of nitrogens with one attached hydrogen (secondary N) is 1. The van der Waals surface area contributed by atoms with E-state index in [-0.39, 0.29) is 0 Å². The third-order valence-corrected chi connectivity index (χ3v) is 3.64. The van der Waals surface area contributed by atoms with Gasteiger partial charge in [0.15, 0.2) is 0 Å². The van der Waals surface area contributed by atoms with Crippen molar-refractivity contribution >= 4 is 21.5 Å². The highest BCUT2D eigenvalue weighted by molar-refractivity contribution is 7.92. The molecule has 6 heteroatoms. The van der Waals surface area contributed by atoms with Crippen molar-refractivity contribution in [2.24, 2.45) is 5.92 Å². The normalized spacial score (nSPS) is 20.8. The molecule has 5 nitrogen and oxygen atoms in total. The average Bonchev–Trinajstić information content (AvgIpc) is 2.28. The summed E-state index contributed by atoms with van der Waals surface area (Å²) in [4.78, 5) is 6.43. The fourth-order valence-electron chi connectivity index (χ4n) is 2.25. The number of nitrogens with zero attached hydrogens (tertiary/aromatic N) is 2. The summed E-state index contributed by atoms with van der Waals surface area (Å²) in [5.41, 5.74) is 1.06. The topological polar surface area (TPSA) is 62.3 Å². The van der Waals surface area contributed by atoms with Gasteiger partial charge in [-0.1, -0.05) is 6.92 Å². The minimum atomic E-state index is -3.25. The van der Waals surface area contributed by atoms with Gasteiger partial charge >= 0.3 is 0 Å². The minimum absolute atomic E-state index is 0.367. The van der Waals surface area contributed by atoms with Gasteiger partial charge < -0.3 is 4.90 Å². The molecular formula is C12H19N3O2S. The summed E-state index contributed by atoms with van der Waals surface area (Å²) in [6, 6.07) is 3.62. The van der Waals surface area contributed by atoms with E-state index in [4.69, 9.17) is 0 Å². The van der Waals surface area contributed by atoms with E-state index in [2.05, 4.69) is 21.5 Å². The van der Waals surface area contributed by atoms with Crippen LogP contribution in [0, 0.1) is 5.92 Å². The van der Waals surface area contributed by atoms with Crippen molar-refractivity contribution < 1.29 is 8.42 Å². The van der Waals surface area contributed by atoms with Crippen molar-refractivity contribution in [3.63, 3.8) is 0 Å². The second kappa shape index (κ2) is 5.14. The van der Waals surface area contributed by atoms with Crippen molar-refractivity contribution in [1.82, 2.24) is 4.98 Å². The quantitative estimate of drug-likeness (QED) is 0.907. The Morgan fingerprint density at radius 1 is 1.44 bits per heavy atom. The monoisotopic (exact) mass is 269 g/mol. The second-order valence-electron chi connectivity index (χ2n) is 4.97. The summed E-state index contributed by atoms with van der Waals surface area (Å²) >= 11 is 0. The summed E-state index contributed by atoms with van der Waals surface area (Å²) in [6.45, 7) is 4.34. The van der Waals surface area contributed by atoms with Crippen LogP contribution in [-0.4, -0.2) is 32.7 Å². The Kier molecular flexibility index (Phi) is 3.75. The predicted molar refractivity (Wildman–Crippen MR) is 73.3 cm³/mol. The van der Waals surface area contributed by atoms with Crippen LogP contribution in [0.4, 0.5) is 11.5 Å². The van der Waals surface area contributed by atoms with Gasteiger partial charge in [-0.3, -0.25) is 4.72 Å². The molecule has 1 saturated heterocycles. The number of rotatable bonds is 3. The van der Waals surface area contributed by atoms with E-state index in [0.717, 1.165) is 25.0 Å². The van der Waals surface area contributed by atoms with Crippen LogP contribution in [0.15, 0.2) is 18.3 Å². The molecule has 1 aromatic rings. The van der Waals surface area contributed by atoms with E-state index in [1.807, 2.05) is 6.07 Å². The Morgan fingerprint density at radius 2 is 2.22 bits per heavy atom. The summed E-state index contributed by atoms with van der Waals surface area (Å²) < 4.78 is 24.5. The first kappa shape index (κ1) is 13.1. The van der Waals surface area contributed by atoms with Gasteiger partial charge in [0.25, 0.3) is 0 Å². The van der Waals surface area contributed by atoms with Crippen LogP contribution in [-0.2, 0) is 10.0 Å². The SMILES string of the molecule is CC1CCCN(c2ccc(NS(C)(=O)=O)nc2)C1. The second-order valence-corrected chi connectivity index (χ2v) is 6.72. The Bertz CT molecular complexity index is 499. The lowest BCUT2D eigenvalue weighted by Crippen LogP contribution is -2.34. The van der Waals surface area contributed by atoms with Gasteiger partial charge in [-0.15, -0.1) is 0 Å². The van der Waals surface area contributed by atoms with Crippen molar-refractivity contribution in [1.29, 1.82) is 0 Å². The van der Waals surface area contributed by atoms with Gasteiger partial charge in [0.1, 0.15) is 5.82 Å². The molecule has 1 aliphatic heterocycles. The van der Waals surface area contributed by atoms with E-state index < -0.39 is 10.0 Å². The van der Waals surface area contributed by atoms with Crippen LogP contribution in [0.25, 0.3) is 0 Å². The molecule has 1 aliphatic rings. The van der Waals surface area contributed by atoms with Crippen LogP contribution < -0.4 is 9.62 Å². The molecule has 1 fully saturated rings. The molecule has 1 unspecified atom stereocenters. The number of hydrogen-bond donors (Lipinski definition) is 1. The highest BCUT2D eigenvalue weighted by Crippen LogP contribution is 2.22. The molecule has 2 rings (SSSR count). The Labute approximate surface area is 108 Å². The van der Waals surface area contributed by atoms with Gasteiger partial charge in [0.05, 0.1) is 18.1 Å². The third-order valence-electron chi connectivity index (χ3n) is 3.06. The number of anilines is 2. The molecule has 1 aromatic heterocycles. The molecule has 100 valence electrons. The first-order chi connectivity index (χ1) is 8.44. The number of hydrogen-bond acceptors (Lipinski definition) is 4. The lowest BCUT2D eigenvalue weighted by atomic mass is 10.00. The lowest BCUT2D eigenvalue weighted by Gasteiger charge is -2.32. The molecule has 1 N–H and O–H groups in total. The molecule has 0 saturated carbocycles. The van der Waals surface area contributed by atoms with Crippen LogP contribution >= 0.6 is 0 Å². The standard InChI is InChI=1S/C12H19N3O2S/c1-10-4-3-7-15(9-10)11-5-6-12(13-8-11)14-18(2,16)17/h5-6,8,10H,3-4,7,9H2,1-2H3,(H,13,14). The molecule has 2 heterocycles. The highest BCUT2D eigenvalue weighted by Gasteiger charge is 2.16. The number of pyridine rings is 1. The maximum Gasteiger partial charge on any atom is 0.230 e. The summed E-state index contributed by atoms with van der Waals surface area (Å²) in [7, 11) is -3.25. The van der Waals surface area contributed by atoms with Crippen LogP contribution in [0.2, 0.25) is 0 Å². The molecule has 0 spiro atoms. The molecule has 0 radical (unpaired) electrons. The van der Waals surface area contributed by atoms with Gasteiger partial charge in [-0.2, -0.15) is 0 Å². The van der Waals surface area contributed by atoms with Gasteiger partial charge in [0, 0.05) is 13.1 Å². The fraction of sp³-hybridized carbons (Fsp3) is 0.583. The number of aromatic nitrogens is 1. The smallest absolute Gasteiger partial charge is 0.230 e. The molecule has 1 atom stereocenters. The zero-order chi connectivity index (χ0) is 13.2. The van der Waals surface area contributed by atoms with Crippen LogP contribution in [0.1, 0.15) is 19.8 Å². The first-order valence-electron chi connectivity index (χ1n) is 6.13. The predicted octanol–water partition coefficient (Wildman–Crippen LogP) is 1.69. The van der Waals surface area contributed by atoms with Gasteiger partial charge in [-0.25, -0.2) is 13.4 Å². The molecule has 0 amide bonds. The van der Waals surface area contributed by atoms with E-state index >= 15 is 0 Å². The van der Waals surface area contributed by atoms with Crippen molar-refractivity contribution in [2.75, 3.05) is 29.0 Å². The van der Waals surface area contributed by atoms with Crippen molar-refractivity contribution in [2.45, 2.75) is 19.8 Å². The summed E-state index contributed by atoms with van der Waals surface area (Å²) in [5.74, 6) is 1.07. The third kappa shape index (κ3) is 3.60. The summed E-state index contributed by atoms with van der Waals surface area (Å²) in [5, 5.41) is 0. The first-order valence-corrected chi connectivity index (χ1v) is 8.02. The molecule has 0 bridgehead atoms. The van der Waals surface area contributed by atoms with Crippen molar-refractivity contribution in [3.8, 4) is 0 Å². The van der Waals surface area contributed by atoms with Crippen LogP contribution in [0.5, 0.6) is 0 Å². The van der Waals surface area contributed by atoms with E-state index in [0.29, 0.717) is 11.7 Å². The molecule has 18 heavy (non-hydrogen) atoms. The number of sulfonamides is 1. The molecule has 0 aliphatic carbocycles. The van der Waals surface area contributed by atoms with E-state index in [9.17, 15) is 8.42 Å². The molecule has 0 aromatic carbocycles. The Balaban J connectivity index is 2.07. The highest BCUT2D eigenvalue weighted by atomic mass is 32.2. The maximum atomic E-state index is 11.1. The largest absolute Gasteiger partial charge is 0.370 e. The van der Waals surface area contributed by atoms with E-state index in [1.54, 1.807) is 12.3 Å².